The molecule has 1 aliphatic heterocycles. The van der Waals surface area contributed by atoms with Gasteiger partial charge in [0.1, 0.15) is 0 Å². The molecule has 0 amide bonds. The van der Waals surface area contributed by atoms with Crippen molar-refractivity contribution in [3.8, 4) is 0 Å². The molecule has 1 aromatic rings. The van der Waals surface area contributed by atoms with Gasteiger partial charge in [-0.2, -0.15) is 0 Å². The van der Waals surface area contributed by atoms with Crippen molar-refractivity contribution < 1.29 is 0 Å². The van der Waals surface area contributed by atoms with Crippen LogP contribution in [0.25, 0.3) is 0 Å². The van der Waals surface area contributed by atoms with E-state index in [0.29, 0.717) is 6.04 Å². The van der Waals surface area contributed by atoms with Gasteiger partial charge in [0.2, 0.25) is 0 Å². The van der Waals surface area contributed by atoms with E-state index in [1.807, 2.05) is 0 Å². The molecule has 0 saturated carbocycles. The van der Waals surface area contributed by atoms with Gasteiger partial charge in [-0.15, -0.1) is 0 Å². The van der Waals surface area contributed by atoms with Crippen LogP contribution in [0.15, 0.2) is 12.1 Å². The quantitative estimate of drug-likeness (QED) is 0.900. The van der Waals surface area contributed by atoms with Gasteiger partial charge in [-0.3, -0.25) is 0 Å². The van der Waals surface area contributed by atoms with Crippen LogP contribution in [0.3, 0.4) is 0 Å². The van der Waals surface area contributed by atoms with Gasteiger partial charge < -0.3 is 10.2 Å². The van der Waals surface area contributed by atoms with Crippen molar-refractivity contribution in [2.45, 2.75) is 39.7 Å². The molecule has 0 bridgehead atoms. The maximum absolute atomic E-state index is 6.22. The van der Waals surface area contributed by atoms with Gasteiger partial charge in [0.15, 0.2) is 0 Å². The first-order valence-corrected chi connectivity index (χ1v) is 7.25. The molecule has 18 heavy (non-hydrogen) atoms. The molecule has 1 aliphatic rings. The highest BCUT2D eigenvalue weighted by Gasteiger charge is 2.21. The summed E-state index contributed by atoms with van der Waals surface area (Å²) in [6.07, 6.45) is 2.44. The van der Waals surface area contributed by atoms with Gasteiger partial charge in [0, 0.05) is 23.3 Å². The summed E-state index contributed by atoms with van der Waals surface area (Å²) >= 11 is 6.22. The summed E-state index contributed by atoms with van der Waals surface area (Å²) in [5.41, 5.74) is 3.96. The van der Waals surface area contributed by atoms with Crippen molar-refractivity contribution in [1.29, 1.82) is 0 Å². The molecule has 0 aromatic heterocycles. The molecule has 0 aliphatic carbocycles. The number of anilines is 1. The van der Waals surface area contributed by atoms with Crippen molar-refractivity contribution in [3.63, 3.8) is 0 Å². The number of rotatable bonds is 3. The first kappa shape index (κ1) is 13.7. The van der Waals surface area contributed by atoms with Gasteiger partial charge >= 0.3 is 0 Å². The number of nitrogens with zero attached hydrogens (tertiary/aromatic N) is 1. The molecule has 100 valence electrons. The second kappa shape index (κ2) is 5.94. The first-order chi connectivity index (χ1) is 8.63. The zero-order chi connectivity index (χ0) is 13.1. The second-order valence-electron chi connectivity index (χ2n) is 5.13. The van der Waals surface area contributed by atoms with Gasteiger partial charge in [-0.25, -0.2) is 0 Å². The number of aryl methyl sites for hydroxylation is 1. The number of hydrogen-bond acceptors (Lipinski definition) is 2. The molecule has 3 heteroatoms. The van der Waals surface area contributed by atoms with Gasteiger partial charge in [-0.05, 0) is 70.0 Å². The molecule has 0 atom stereocenters. The Kier molecular flexibility index (Phi) is 4.52. The second-order valence-corrected chi connectivity index (χ2v) is 5.57. The molecule has 0 radical (unpaired) electrons. The zero-order valence-electron chi connectivity index (χ0n) is 11.6. The lowest BCUT2D eigenvalue weighted by molar-refractivity contribution is 0.433. The third-order valence-electron chi connectivity index (χ3n) is 4.00. The van der Waals surface area contributed by atoms with Crippen molar-refractivity contribution >= 4 is 17.3 Å². The Morgan fingerprint density at radius 2 is 1.94 bits per heavy atom. The molecule has 1 aromatic carbocycles. The number of piperidine rings is 1. The van der Waals surface area contributed by atoms with Crippen LogP contribution < -0.4 is 10.2 Å². The number of nitrogens with one attached hydrogen (secondary N) is 1. The fourth-order valence-electron chi connectivity index (χ4n) is 2.84. The fraction of sp³-hybridized carbons (Fsp3) is 0.600. The Labute approximate surface area is 115 Å². The molecule has 1 N–H and O–H groups in total. The highest BCUT2D eigenvalue weighted by Crippen LogP contribution is 2.30. The highest BCUT2D eigenvalue weighted by molar-refractivity contribution is 6.31. The van der Waals surface area contributed by atoms with Crippen LogP contribution in [0.5, 0.6) is 0 Å². The smallest absolute Gasteiger partial charge is 0.0429 e. The van der Waals surface area contributed by atoms with E-state index in [4.69, 9.17) is 11.6 Å². The Hall–Kier alpha value is -0.730. The Morgan fingerprint density at radius 3 is 2.56 bits per heavy atom. The summed E-state index contributed by atoms with van der Waals surface area (Å²) in [5, 5.41) is 4.28. The summed E-state index contributed by atoms with van der Waals surface area (Å²) in [7, 11) is 0. The molecule has 1 fully saturated rings. The van der Waals surface area contributed by atoms with Crippen LogP contribution in [-0.4, -0.2) is 25.7 Å². The Balaban J connectivity index is 2.31. The Morgan fingerprint density at radius 1 is 1.28 bits per heavy atom. The van der Waals surface area contributed by atoms with Gasteiger partial charge in [-0.1, -0.05) is 11.6 Å². The number of hydrogen-bond donors (Lipinski definition) is 1. The van der Waals surface area contributed by atoms with Crippen molar-refractivity contribution in [2.24, 2.45) is 0 Å². The van der Waals surface area contributed by atoms with Crippen LogP contribution in [-0.2, 0) is 0 Å². The summed E-state index contributed by atoms with van der Waals surface area (Å²) < 4.78 is 0. The normalized spacial score (nSPS) is 16.9. The molecule has 0 unspecified atom stereocenters. The molecule has 2 nitrogen and oxygen atoms in total. The standard InChI is InChI=1S/C15H23ClN2/c1-4-18(14-5-7-17-8-6-14)15-10-13(16)9-11(2)12(15)3/h9-10,14,17H,4-8H2,1-3H3. The van der Waals surface area contributed by atoms with Crippen molar-refractivity contribution in [3.05, 3.63) is 28.3 Å². The van der Waals surface area contributed by atoms with Gasteiger partial charge in [0.25, 0.3) is 0 Å². The van der Waals surface area contributed by atoms with E-state index in [9.17, 15) is 0 Å². The average molecular weight is 267 g/mol. The van der Waals surface area contributed by atoms with Gasteiger partial charge in [0.05, 0.1) is 0 Å². The first-order valence-electron chi connectivity index (χ1n) is 6.87. The van der Waals surface area contributed by atoms with E-state index in [0.717, 1.165) is 24.7 Å². The molecule has 1 heterocycles. The number of halogens is 1. The average Bonchev–Trinajstić information content (AvgIpc) is 2.37. The minimum Gasteiger partial charge on any atom is -0.368 e. The largest absolute Gasteiger partial charge is 0.368 e. The minimum absolute atomic E-state index is 0.646. The molecule has 0 spiro atoms. The fourth-order valence-corrected chi connectivity index (χ4v) is 3.11. The van der Waals surface area contributed by atoms with Crippen LogP contribution >= 0.6 is 11.6 Å². The lowest BCUT2D eigenvalue weighted by Crippen LogP contribution is -2.43. The maximum atomic E-state index is 6.22. The third-order valence-corrected chi connectivity index (χ3v) is 4.22. The molecule has 2 rings (SSSR count). The number of benzene rings is 1. The summed E-state index contributed by atoms with van der Waals surface area (Å²) in [6, 6.07) is 4.82. The van der Waals surface area contributed by atoms with E-state index in [1.54, 1.807) is 0 Å². The van der Waals surface area contributed by atoms with Crippen molar-refractivity contribution in [1.82, 2.24) is 5.32 Å². The molecule has 1 saturated heterocycles. The minimum atomic E-state index is 0.646. The van der Waals surface area contributed by atoms with E-state index >= 15 is 0 Å². The highest BCUT2D eigenvalue weighted by atomic mass is 35.5. The predicted molar refractivity (Wildman–Crippen MR) is 79.8 cm³/mol. The Bertz CT molecular complexity index is 411. The van der Waals surface area contributed by atoms with Crippen molar-refractivity contribution in [2.75, 3.05) is 24.5 Å². The van der Waals surface area contributed by atoms with E-state index < -0.39 is 0 Å². The summed E-state index contributed by atoms with van der Waals surface area (Å²) in [5.74, 6) is 0. The van der Waals surface area contributed by atoms with E-state index in [-0.39, 0.29) is 0 Å². The van der Waals surface area contributed by atoms with Crippen LogP contribution in [0.4, 0.5) is 5.69 Å². The lowest BCUT2D eigenvalue weighted by Gasteiger charge is -2.37. The van der Waals surface area contributed by atoms with Crippen LogP contribution in [0.2, 0.25) is 5.02 Å². The topological polar surface area (TPSA) is 15.3 Å². The van der Waals surface area contributed by atoms with E-state index in [1.165, 1.54) is 29.7 Å². The monoisotopic (exact) mass is 266 g/mol. The zero-order valence-corrected chi connectivity index (χ0v) is 12.3. The van der Waals surface area contributed by atoms with Crippen LogP contribution in [0.1, 0.15) is 30.9 Å². The maximum Gasteiger partial charge on any atom is 0.0429 e. The lowest BCUT2D eigenvalue weighted by atomic mass is 10.0. The third kappa shape index (κ3) is 2.81. The predicted octanol–water partition coefficient (Wildman–Crippen LogP) is 3.54. The summed E-state index contributed by atoms with van der Waals surface area (Å²) in [6.45, 7) is 9.87. The van der Waals surface area contributed by atoms with Crippen LogP contribution in [0, 0.1) is 13.8 Å². The molecular formula is C15H23ClN2. The SMILES string of the molecule is CCN(c1cc(Cl)cc(C)c1C)C1CCNCC1. The summed E-state index contributed by atoms with van der Waals surface area (Å²) in [4.78, 5) is 2.52. The van der Waals surface area contributed by atoms with E-state index in [2.05, 4.69) is 43.1 Å². The molecular weight excluding hydrogens is 244 g/mol.